The predicted molar refractivity (Wildman–Crippen MR) is 65.5 cm³/mol. The average Bonchev–Trinajstić information content (AvgIpc) is 2.94. The highest BCUT2D eigenvalue weighted by Gasteiger charge is 2.04. The topological polar surface area (TPSA) is 53.6 Å². The van der Waals surface area contributed by atoms with Gasteiger partial charge in [0.25, 0.3) is 0 Å². The molecule has 0 saturated heterocycles. The molecule has 0 radical (unpaired) electrons. The molecule has 1 aromatic carbocycles. The van der Waals surface area contributed by atoms with Crippen molar-refractivity contribution in [3.05, 3.63) is 42.2 Å². The average molecular weight is 248 g/mol. The van der Waals surface area contributed by atoms with E-state index in [9.17, 15) is 4.39 Å². The lowest BCUT2D eigenvalue weighted by Gasteiger charge is -1.97. The summed E-state index contributed by atoms with van der Waals surface area (Å²) in [6, 6.07) is 4.59. The minimum atomic E-state index is -0.237. The van der Waals surface area contributed by atoms with Crippen molar-refractivity contribution in [1.82, 2.24) is 15.0 Å². The Morgan fingerprint density at radius 1 is 1.41 bits per heavy atom. The summed E-state index contributed by atoms with van der Waals surface area (Å²) < 4.78 is 13.8. The number of rotatable bonds is 3. The van der Waals surface area contributed by atoms with Gasteiger partial charge in [0.05, 0.1) is 16.8 Å². The molecule has 0 aliphatic heterocycles. The van der Waals surface area contributed by atoms with Gasteiger partial charge in [-0.3, -0.25) is 0 Å². The van der Waals surface area contributed by atoms with Gasteiger partial charge >= 0.3 is 0 Å². The van der Waals surface area contributed by atoms with Crippen molar-refractivity contribution >= 4 is 26.7 Å². The van der Waals surface area contributed by atoms with Crippen LogP contribution in [0.1, 0.15) is 5.82 Å². The summed E-state index contributed by atoms with van der Waals surface area (Å²) >= 11 is 1.43. The van der Waals surface area contributed by atoms with E-state index in [1.165, 1.54) is 23.5 Å². The van der Waals surface area contributed by atoms with E-state index in [0.717, 1.165) is 21.2 Å². The molecule has 0 aliphatic rings. The summed E-state index contributed by atoms with van der Waals surface area (Å²) in [5.41, 5.74) is 0.804. The summed E-state index contributed by atoms with van der Waals surface area (Å²) in [5.74, 6) is 0.606. The molecule has 0 atom stereocenters. The number of H-pyrrole nitrogens is 1. The van der Waals surface area contributed by atoms with Gasteiger partial charge in [0.1, 0.15) is 11.6 Å². The summed E-state index contributed by atoms with van der Waals surface area (Å²) in [7, 11) is 0. The van der Waals surface area contributed by atoms with E-state index in [-0.39, 0.29) is 5.82 Å². The molecule has 0 spiro atoms. The van der Waals surface area contributed by atoms with Crippen LogP contribution in [0.4, 0.5) is 9.52 Å². The molecule has 17 heavy (non-hydrogen) atoms. The number of hydrogen-bond donors (Lipinski definition) is 2. The Bertz CT molecular complexity index is 632. The summed E-state index contributed by atoms with van der Waals surface area (Å²) in [6.07, 6.45) is 3.47. The van der Waals surface area contributed by atoms with E-state index < -0.39 is 0 Å². The lowest BCUT2D eigenvalue weighted by molar-refractivity contribution is 0.630. The van der Waals surface area contributed by atoms with Crippen LogP contribution in [-0.2, 0) is 6.54 Å². The number of benzene rings is 1. The fourth-order valence-electron chi connectivity index (χ4n) is 1.53. The molecule has 6 heteroatoms. The van der Waals surface area contributed by atoms with Gasteiger partial charge in [0.2, 0.25) is 0 Å². The van der Waals surface area contributed by atoms with E-state index in [0.29, 0.717) is 6.54 Å². The predicted octanol–water partition coefficient (Wildman–Crippen LogP) is 2.77. The Morgan fingerprint density at radius 2 is 2.35 bits per heavy atom. The molecule has 2 heterocycles. The SMILES string of the molecule is Fc1ccc2nc(NCc3ncc[nH]3)sc2c1. The number of nitrogens with zero attached hydrogens (tertiary/aromatic N) is 2. The lowest BCUT2D eigenvalue weighted by Crippen LogP contribution is -2.00. The number of fused-ring (bicyclic) bond motifs is 1. The molecule has 0 amide bonds. The summed E-state index contributed by atoms with van der Waals surface area (Å²) in [5, 5.41) is 3.91. The Kier molecular flexibility index (Phi) is 2.49. The Hall–Kier alpha value is -1.95. The maximum Gasteiger partial charge on any atom is 0.184 e. The van der Waals surface area contributed by atoms with Crippen LogP contribution in [0.15, 0.2) is 30.6 Å². The maximum atomic E-state index is 13.0. The number of anilines is 1. The molecule has 3 aromatic rings. The molecule has 2 N–H and O–H groups in total. The van der Waals surface area contributed by atoms with Crippen LogP contribution < -0.4 is 5.32 Å². The molecule has 3 rings (SSSR count). The van der Waals surface area contributed by atoms with Crippen molar-refractivity contribution in [1.29, 1.82) is 0 Å². The fourth-order valence-corrected chi connectivity index (χ4v) is 2.41. The molecule has 0 bridgehead atoms. The Labute approximate surface area is 101 Å². The van der Waals surface area contributed by atoms with Crippen LogP contribution in [0.25, 0.3) is 10.2 Å². The van der Waals surface area contributed by atoms with Gasteiger partial charge in [-0.25, -0.2) is 14.4 Å². The second kappa shape index (κ2) is 4.14. The Morgan fingerprint density at radius 3 is 3.18 bits per heavy atom. The van der Waals surface area contributed by atoms with Gasteiger partial charge in [0.15, 0.2) is 5.13 Å². The molecule has 2 aromatic heterocycles. The zero-order chi connectivity index (χ0) is 11.7. The first kappa shape index (κ1) is 10.2. The lowest BCUT2D eigenvalue weighted by atomic mass is 10.3. The van der Waals surface area contributed by atoms with Gasteiger partial charge in [-0.15, -0.1) is 0 Å². The monoisotopic (exact) mass is 248 g/mol. The number of nitrogens with one attached hydrogen (secondary N) is 2. The molecule has 0 fully saturated rings. The second-order valence-electron chi connectivity index (χ2n) is 3.52. The van der Waals surface area contributed by atoms with Crippen LogP contribution in [0.5, 0.6) is 0 Å². The number of aromatic amines is 1. The highest BCUT2D eigenvalue weighted by molar-refractivity contribution is 7.22. The van der Waals surface area contributed by atoms with E-state index in [4.69, 9.17) is 0 Å². The van der Waals surface area contributed by atoms with Crippen molar-refractivity contribution < 1.29 is 4.39 Å². The number of halogens is 1. The third-order valence-electron chi connectivity index (χ3n) is 2.31. The molecular weight excluding hydrogens is 239 g/mol. The third kappa shape index (κ3) is 2.12. The smallest absolute Gasteiger partial charge is 0.184 e. The Balaban J connectivity index is 1.81. The first-order valence-corrected chi connectivity index (χ1v) is 5.91. The molecular formula is C11H9FN4S. The normalized spacial score (nSPS) is 10.9. The van der Waals surface area contributed by atoms with Crippen LogP contribution >= 0.6 is 11.3 Å². The van der Waals surface area contributed by atoms with E-state index >= 15 is 0 Å². The molecule has 0 aliphatic carbocycles. The van der Waals surface area contributed by atoms with Crippen molar-refractivity contribution in [3.63, 3.8) is 0 Å². The van der Waals surface area contributed by atoms with Gasteiger partial charge in [-0.2, -0.15) is 0 Å². The third-order valence-corrected chi connectivity index (χ3v) is 3.29. The van der Waals surface area contributed by atoms with Gasteiger partial charge in [0, 0.05) is 12.4 Å². The van der Waals surface area contributed by atoms with E-state index in [1.54, 1.807) is 18.5 Å². The molecule has 0 saturated carbocycles. The van der Waals surface area contributed by atoms with E-state index in [2.05, 4.69) is 20.3 Å². The first-order valence-electron chi connectivity index (χ1n) is 5.09. The van der Waals surface area contributed by atoms with E-state index in [1.807, 2.05) is 0 Å². The highest BCUT2D eigenvalue weighted by Crippen LogP contribution is 2.26. The van der Waals surface area contributed by atoms with Crippen molar-refractivity contribution in [3.8, 4) is 0 Å². The quantitative estimate of drug-likeness (QED) is 0.749. The maximum absolute atomic E-state index is 13.0. The fraction of sp³-hybridized carbons (Fsp3) is 0.0909. The second-order valence-corrected chi connectivity index (χ2v) is 4.55. The van der Waals surface area contributed by atoms with Gasteiger partial charge < -0.3 is 10.3 Å². The zero-order valence-corrected chi connectivity index (χ0v) is 9.59. The summed E-state index contributed by atoms with van der Waals surface area (Å²) in [6.45, 7) is 0.579. The van der Waals surface area contributed by atoms with Gasteiger partial charge in [-0.05, 0) is 18.2 Å². The number of imidazole rings is 1. The largest absolute Gasteiger partial charge is 0.354 e. The molecule has 4 nitrogen and oxygen atoms in total. The van der Waals surface area contributed by atoms with Crippen LogP contribution in [0.3, 0.4) is 0 Å². The van der Waals surface area contributed by atoms with Gasteiger partial charge in [-0.1, -0.05) is 11.3 Å². The first-order chi connectivity index (χ1) is 8.31. The number of thiazole rings is 1. The van der Waals surface area contributed by atoms with Crippen LogP contribution in [0.2, 0.25) is 0 Å². The minimum Gasteiger partial charge on any atom is -0.354 e. The van der Waals surface area contributed by atoms with Crippen molar-refractivity contribution in [2.75, 3.05) is 5.32 Å². The molecule has 0 unspecified atom stereocenters. The molecule has 86 valence electrons. The summed E-state index contributed by atoms with van der Waals surface area (Å²) in [4.78, 5) is 11.4. The highest BCUT2D eigenvalue weighted by atomic mass is 32.1. The van der Waals surface area contributed by atoms with Crippen molar-refractivity contribution in [2.45, 2.75) is 6.54 Å². The zero-order valence-electron chi connectivity index (χ0n) is 8.77. The number of hydrogen-bond acceptors (Lipinski definition) is 4. The van der Waals surface area contributed by atoms with Crippen molar-refractivity contribution in [2.24, 2.45) is 0 Å². The number of aromatic nitrogens is 3. The van der Waals surface area contributed by atoms with Crippen LogP contribution in [0, 0.1) is 5.82 Å². The minimum absolute atomic E-state index is 0.237. The standard InChI is InChI=1S/C11H9FN4S/c12-7-1-2-8-9(5-7)17-11(16-8)15-6-10-13-3-4-14-10/h1-5H,6H2,(H,13,14)(H,15,16). The van der Waals surface area contributed by atoms with Crippen LogP contribution in [-0.4, -0.2) is 15.0 Å².